The first-order chi connectivity index (χ1) is 12.6. The van der Waals surface area contributed by atoms with Crippen molar-refractivity contribution in [2.75, 3.05) is 16.8 Å². The lowest BCUT2D eigenvalue weighted by atomic mass is 9.88. The van der Waals surface area contributed by atoms with E-state index in [1.807, 2.05) is 57.7 Å². The molecule has 0 radical (unpaired) electrons. The molecule has 0 spiro atoms. The average Bonchev–Trinajstić information content (AvgIpc) is 3.16. The minimum absolute atomic E-state index is 0.0392. The maximum Gasteiger partial charge on any atom is 0.261 e. The van der Waals surface area contributed by atoms with Crippen LogP contribution in [0.25, 0.3) is 0 Å². The summed E-state index contributed by atoms with van der Waals surface area (Å²) in [5.41, 5.74) is 3.55. The molecule has 2 aromatic rings. The number of benzene rings is 1. The summed E-state index contributed by atoms with van der Waals surface area (Å²) in [7, 11) is 0. The number of carbonyl (C=O) groups is 2. The number of rotatable bonds is 3. The highest BCUT2D eigenvalue weighted by Gasteiger charge is 2.30. The first kappa shape index (κ1) is 19.1. The number of nitrogens with zero attached hydrogens (tertiary/aromatic N) is 2. The summed E-state index contributed by atoms with van der Waals surface area (Å²) in [6.45, 7) is 12.2. The molecule has 1 aromatic carbocycles. The Labute approximate surface area is 159 Å². The van der Waals surface area contributed by atoms with Crippen LogP contribution < -0.4 is 10.2 Å². The van der Waals surface area contributed by atoms with Crippen LogP contribution >= 0.6 is 0 Å². The zero-order chi connectivity index (χ0) is 19.9. The van der Waals surface area contributed by atoms with Crippen molar-refractivity contribution in [1.82, 2.24) is 5.16 Å². The van der Waals surface area contributed by atoms with Gasteiger partial charge in [-0.3, -0.25) is 9.59 Å². The van der Waals surface area contributed by atoms with Gasteiger partial charge in [-0.25, -0.2) is 0 Å². The van der Waals surface area contributed by atoms with Crippen molar-refractivity contribution in [3.63, 3.8) is 0 Å². The van der Waals surface area contributed by atoms with Crippen LogP contribution in [0.3, 0.4) is 0 Å². The van der Waals surface area contributed by atoms with E-state index in [9.17, 15) is 9.59 Å². The second-order valence-corrected chi connectivity index (χ2v) is 8.40. The SMILES string of the molecule is Cc1onc(C(C)(C)C)c1C(=O)Nc1ccc2c(c1)CCN2C(=O)C(C)C. The van der Waals surface area contributed by atoms with Crippen molar-refractivity contribution in [1.29, 1.82) is 0 Å². The van der Waals surface area contributed by atoms with E-state index in [-0.39, 0.29) is 23.1 Å². The minimum atomic E-state index is -0.292. The van der Waals surface area contributed by atoms with Crippen LogP contribution in [0, 0.1) is 12.8 Å². The van der Waals surface area contributed by atoms with Gasteiger partial charge in [0.1, 0.15) is 17.0 Å². The third-order valence-corrected chi connectivity index (χ3v) is 4.79. The number of fused-ring (bicyclic) bond motifs is 1. The summed E-state index contributed by atoms with van der Waals surface area (Å²) >= 11 is 0. The molecule has 2 amide bonds. The Bertz CT molecular complexity index is 891. The van der Waals surface area contributed by atoms with Crippen molar-refractivity contribution in [3.8, 4) is 0 Å². The molecule has 1 aromatic heterocycles. The number of aromatic nitrogens is 1. The quantitative estimate of drug-likeness (QED) is 0.884. The Morgan fingerprint density at radius 1 is 1.26 bits per heavy atom. The van der Waals surface area contributed by atoms with Gasteiger partial charge in [0.15, 0.2) is 0 Å². The molecule has 0 atom stereocenters. The maximum atomic E-state index is 12.8. The molecule has 0 fully saturated rings. The predicted octanol–water partition coefficient (Wildman–Crippen LogP) is 4.08. The summed E-state index contributed by atoms with van der Waals surface area (Å²) in [5.74, 6) is 0.363. The van der Waals surface area contributed by atoms with Gasteiger partial charge in [0, 0.05) is 29.3 Å². The minimum Gasteiger partial charge on any atom is -0.361 e. The molecule has 0 aliphatic carbocycles. The lowest BCUT2D eigenvalue weighted by molar-refractivity contribution is -0.121. The second kappa shape index (κ2) is 6.83. The van der Waals surface area contributed by atoms with Gasteiger partial charge in [-0.15, -0.1) is 0 Å². The lowest BCUT2D eigenvalue weighted by Gasteiger charge is -2.20. The van der Waals surface area contributed by atoms with Crippen LogP contribution in [0.1, 0.15) is 62.0 Å². The summed E-state index contributed by atoms with van der Waals surface area (Å²) in [6, 6.07) is 5.69. The summed E-state index contributed by atoms with van der Waals surface area (Å²) in [4.78, 5) is 27.0. The molecule has 1 aliphatic heterocycles. The van der Waals surface area contributed by atoms with Crippen molar-refractivity contribution < 1.29 is 14.1 Å². The molecule has 0 saturated carbocycles. The van der Waals surface area contributed by atoms with E-state index >= 15 is 0 Å². The largest absolute Gasteiger partial charge is 0.361 e. The second-order valence-electron chi connectivity index (χ2n) is 8.40. The molecular formula is C21H27N3O3. The molecule has 6 heteroatoms. The molecule has 0 unspecified atom stereocenters. The predicted molar refractivity (Wildman–Crippen MR) is 105 cm³/mol. The molecule has 0 bridgehead atoms. The highest BCUT2D eigenvalue weighted by Crippen LogP contribution is 2.32. The van der Waals surface area contributed by atoms with Gasteiger partial charge in [0.2, 0.25) is 5.91 Å². The molecule has 1 N–H and O–H groups in total. The highest BCUT2D eigenvalue weighted by atomic mass is 16.5. The fraction of sp³-hybridized carbons (Fsp3) is 0.476. The number of aryl methyl sites for hydroxylation is 1. The smallest absolute Gasteiger partial charge is 0.261 e. The molecule has 3 rings (SSSR count). The molecule has 27 heavy (non-hydrogen) atoms. The standard InChI is InChI=1S/C21H27N3O3/c1-12(2)20(26)24-10-9-14-11-15(7-8-16(14)24)22-19(25)17-13(3)27-23-18(17)21(4,5)6/h7-8,11-12H,9-10H2,1-6H3,(H,22,25). The van der Waals surface area contributed by atoms with Crippen LogP contribution in [-0.2, 0) is 16.6 Å². The van der Waals surface area contributed by atoms with Crippen molar-refractivity contribution in [2.24, 2.45) is 5.92 Å². The third kappa shape index (κ3) is 3.61. The van der Waals surface area contributed by atoms with Gasteiger partial charge in [-0.05, 0) is 37.1 Å². The van der Waals surface area contributed by atoms with Crippen LogP contribution in [0.5, 0.6) is 0 Å². The molecule has 0 saturated heterocycles. The third-order valence-electron chi connectivity index (χ3n) is 4.79. The van der Waals surface area contributed by atoms with Gasteiger partial charge in [0.25, 0.3) is 5.91 Å². The summed E-state index contributed by atoms with van der Waals surface area (Å²) in [5, 5.41) is 7.03. The zero-order valence-corrected chi connectivity index (χ0v) is 16.8. The van der Waals surface area contributed by atoms with Crippen LogP contribution in [-0.4, -0.2) is 23.5 Å². The fourth-order valence-electron chi connectivity index (χ4n) is 3.37. The van der Waals surface area contributed by atoms with E-state index in [1.54, 1.807) is 6.92 Å². The average molecular weight is 369 g/mol. The molecular weight excluding hydrogens is 342 g/mol. The Kier molecular flexibility index (Phi) is 4.84. The Morgan fingerprint density at radius 2 is 1.96 bits per heavy atom. The number of carbonyl (C=O) groups excluding carboxylic acids is 2. The van der Waals surface area contributed by atoms with E-state index in [0.717, 1.165) is 17.7 Å². The van der Waals surface area contributed by atoms with E-state index in [1.165, 1.54) is 0 Å². The Balaban J connectivity index is 1.84. The number of hydrogen-bond donors (Lipinski definition) is 1. The first-order valence-corrected chi connectivity index (χ1v) is 9.32. The Morgan fingerprint density at radius 3 is 2.59 bits per heavy atom. The van der Waals surface area contributed by atoms with E-state index in [2.05, 4.69) is 10.5 Å². The van der Waals surface area contributed by atoms with Crippen LogP contribution in [0.2, 0.25) is 0 Å². The Hall–Kier alpha value is -2.63. The number of nitrogens with one attached hydrogen (secondary N) is 1. The monoisotopic (exact) mass is 369 g/mol. The number of anilines is 2. The van der Waals surface area contributed by atoms with Gasteiger partial charge in [-0.1, -0.05) is 39.8 Å². The van der Waals surface area contributed by atoms with Gasteiger partial charge >= 0.3 is 0 Å². The van der Waals surface area contributed by atoms with Crippen molar-refractivity contribution in [3.05, 3.63) is 40.8 Å². The van der Waals surface area contributed by atoms with Crippen molar-refractivity contribution in [2.45, 2.75) is 53.4 Å². The van der Waals surface area contributed by atoms with Gasteiger partial charge in [0.05, 0.1) is 0 Å². The molecule has 1 aliphatic rings. The van der Waals surface area contributed by atoms with Crippen LogP contribution in [0.4, 0.5) is 11.4 Å². The van der Waals surface area contributed by atoms with E-state index in [0.29, 0.717) is 29.2 Å². The van der Waals surface area contributed by atoms with E-state index in [4.69, 9.17) is 4.52 Å². The van der Waals surface area contributed by atoms with Crippen molar-refractivity contribution >= 4 is 23.2 Å². The zero-order valence-electron chi connectivity index (χ0n) is 16.8. The maximum absolute atomic E-state index is 12.8. The first-order valence-electron chi connectivity index (χ1n) is 9.32. The fourth-order valence-corrected chi connectivity index (χ4v) is 3.37. The van der Waals surface area contributed by atoms with Crippen LogP contribution in [0.15, 0.2) is 22.7 Å². The summed E-state index contributed by atoms with van der Waals surface area (Å²) in [6.07, 6.45) is 0.789. The highest BCUT2D eigenvalue weighted by molar-refractivity contribution is 6.06. The van der Waals surface area contributed by atoms with Gasteiger partial charge in [-0.2, -0.15) is 0 Å². The van der Waals surface area contributed by atoms with E-state index < -0.39 is 0 Å². The van der Waals surface area contributed by atoms with Gasteiger partial charge < -0.3 is 14.7 Å². The molecule has 144 valence electrons. The number of amides is 2. The summed E-state index contributed by atoms with van der Waals surface area (Å²) < 4.78 is 5.26. The lowest BCUT2D eigenvalue weighted by Crippen LogP contribution is -2.32. The molecule has 6 nitrogen and oxygen atoms in total. The topological polar surface area (TPSA) is 75.4 Å². The normalized spacial score (nSPS) is 13.8. The number of hydrogen-bond acceptors (Lipinski definition) is 4. The molecule has 2 heterocycles.